The number of ketones is 1. The number of esters is 1. The zero-order chi connectivity index (χ0) is 22.9. The van der Waals surface area contributed by atoms with E-state index in [0.29, 0.717) is 24.3 Å². The van der Waals surface area contributed by atoms with Crippen LogP contribution in [0.5, 0.6) is 0 Å². The highest BCUT2D eigenvalue weighted by Crippen LogP contribution is 2.22. The van der Waals surface area contributed by atoms with Crippen LogP contribution < -0.4 is 0 Å². The Balaban J connectivity index is 2.07. The van der Waals surface area contributed by atoms with Crippen LogP contribution in [-0.2, 0) is 4.74 Å². The Labute approximate surface area is 190 Å². The van der Waals surface area contributed by atoms with Gasteiger partial charge in [-0.2, -0.15) is 0 Å². The summed E-state index contributed by atoms with van der Waals surface area (Å²) < 4.78 is 5.07. The smallest absolute Gasteiger partial charge is 0.355 e. The maximum atomic E-state index is 12.6. The molecule has 0 fully saturated rings. The molecular formula is C27H47NO3. The Hall–Kier alpha value is -1.58. The van der Waals surface area contributed by atoms with E-state index in [9.17, 15) is 9.59 Å². The van der Waals surface area contributed by atoms with Gasteiger partial charge < -0.3 is 9.72 Å². The fourth-order valence-corrected chi connectivity index (χ4v) is 4.36. The van der Waals surface area contributed by atoms with Gasteiger partial charge in [0.1, 0.15) is 5.69 Å². The average molecular weight is 434 g/mol. The third-order valence-electron chi connectivity index (χ3n) is 6.20. The minimum absolute atomic E-state index is 0.136. The largest absolute Gasteiger partial charge is 0.461 e. The molecule has 0 aliphatic carbocycles. The molecule has 4 heteroatoms. The van der Waals surface area contributed by atoms with Gasteiger partial charge in [-0.25, -0.2) is 4.79 Å². The van der Waals surface area contributed by atoms with Gasteiger partial charge in [0.05, 0.1) is 6.61 Å². The van der Waals surface area contributed by atoms with E-state index >= 15 is 0 Å². The quantitative estimate of drug-likeness (QED) is 0.136. The number of aromatic amines is 1. The van der Waals surface area contributed by atoms with Gasteiger partial charge >= 0.3 is 5.97 Å². The Morgan fingerprint density at radius 3 is 1.61 bits per heavy atom. The number of carbonyl (C=O) groups excluding carboxylic acids is 2. The monoisotopic (exact) mass is 433 g/mol. The van der Waals surface area contributed by atoms with Crippen LogP contribution in [0.15, 0.2) is 0 Å². The molecule has 0 unspecified atom stereocenters. The summed E-state index contributed by atoms with van der Waals surface area (Å²) in [5.74, 6) is -0.245. The molecule has 0 bridgehead atoms. The molecule has 31 heavy (non-hydrogen) atoms. The Morgan fingerprint density at radius 2 is 1.16 bits per heavy atom. The number of unbranched alkanes of at least 4 members (excludes halogenated alkanes) is 14. The van der Waals surface area contributed by atoms with Crippen LogP contribution in [0.3, 0.4) is 0 Å². The van der Waals surface area contributed by atoms with Crippen molar-refractivity contribution in [2.24, 2.45) is 0 Å². The third-order valence-corrected chi connectivity index (χ3v) is 6.20. The fourth-order valence-electron chi connectivity index (χ4n) is 4.36. The van der Waals surface area contributed by atoms with Crippen molar-refractivity contribution in [3.8, 4) is 0 Å². The van der Waals surface area contributed by atoms with Crippen molar-refractivity contribution in [2.75, 3.05) is 6.61 Å². The van der Waals surface area contributed by atoms with Gasteiger partial charge in [0.25, 0.3) is 0 Å². The molecule has 0 saturated heterocycles. The SMILES string of the molecule is CCCCCCCCCCCCCCCCCC(=O)c1c(C)[nH]c(C(=O)OCC)c1C. The maximum absolute atomic E-state index is 12.6. The Kier molecular flexibility index (Phi) is 15.1. The molecule has 0 amide bonds. The van der Waals surface area contributed by atoms with Crippen molar-refractivity contribution in [3.63, 3.8) is 0 Å². The number of hydrogen-bond donors (Lipinski definition) is 1. The summed E-state index contributed by atoms with van der Waals surface area (Å²) in [5.41, 5.74) is 2.58. The molecule has 0 aliphatic heterocycles. The summed E-state index contributed by atoms with van der Waals surface area (Å²) >= 11 is 0. The number of nitrogens with one attached hydrogen (secondary N) is 1. The van der Waals surface area contributed by atoms with E-state index in [4.69, 9.17) is 4.74 Å². The average Bonchev–Trinajstić information content (AvgIpc) is 3.05. The van der Waals surface area contributed by atoms with Crippen LogP contribution in [0.2, 0.25) is 0 Å². The zero-order valence-electron chi connectivity index (χ0n) is 20.7. The van der Waals surface area contributed by atoms with Crippen molar-refractivity contribution in [3.05, 3.63) is 22.5 Å². The van der Waals surface area contributed by atoms with E-state index < -0.39 is 0 Å². The number of carbonyl (C=O) groups is 2. The van der Waals surface area contributed by atoms with Gasteiger partial charge in [-0.15, -0.1) is 0 Å². The standard InChI is InChI=1S/C27H47NO3/c1-5-7-8-9-10-11-12-13-14-15-16-17-18-19-20-21-24(29)25-22(3)26(28-23(25)4)27(30)31-6-2/h28H,5-21H2,1-4H3. The number of aromatic nitrogens is 1. The molecule has 1 N–H and O–H groups in total. The van der Waals surface area contributed by atoms with Gasteiger partial charge in [-0.1, -0.05) is 96.8 Å². The van der Waals surface area contributed by atoms with Crippen molar-refractivity contribution < 1.29 is 14.3 Å². The number of hydrogen-bond acceptors (Lipinski definition) is 3. The van der Waals surface area contributed by atoms with Gasteiger partial charge in [0.15, 0.2) is 5.78 Å². The molecular weight excluding hydrogens is 386 g/mol. The summed E-state index contributed by atoms with van der Waals surface area (Å²) in [4.78, 5) is 27.7. The summed E-state index contributed by atoms with van der Waals surface area (Å²) in [7, 11) is 0. The molecule has 0 spiro atoms. The lowest BCUT2D eigenvalue weighted by Gasteiger charge is -2.04. The van der Waals surface area contributed by atoms with Crippen LogP contribution in [0.25, 0.3) is 0 Å². The number of aryl methyl sites for hydroxylation is 1. The Morgan fingerprint density at radius 1 is 0.710 bits per heavy atom. The van der Waals surface area contributed by atoms with E-state index in [0.717, 1.165) is 24.1 Å². The highest BCUT2D eigenvalue weighted by atomic mass is 16.5. The molecule has 1 aromatic rings. The van der Waals surface area contributed by atoms with Crippen molar-refractivity contribution in [1.29, 1.82) is 0 Å². The molecule has 0 atom stereocenters. The van der Waals surface area contributed by atoms with Crippen molar-refractivity contribution in [2.45, 2.75) is 130 Å². The van der Waals surface area contributed by atoms with Crippen LogP contribution in [0, 0.1) is 13.8 Å². The van der Waals surface area contributed by atoms with E-state index in [1.165, 1.54) is 83.5 Å². The summed E-state index contributed by atoms with van der Waals surface area (Å²) in [6, 6.07) is 0. The lowest BCUT2D eigenvalue weighted by Crippen LogP contribution is -2.07. The van der Waals surface area contributed by atoms with Crippen LogP contribution >= 0.6 is 0 Å². The molecule has 0 aromatic carbocycles. The molecule has 0 aliphatic rings. The topological polar surface area (TPSA) is 59.2 Å². The highest BCUT2D eigenvalue weighted by Gasteiger charge is 2.22. The first-order valence-corrected chi connectivity index (χ1v) is 12.9. The number of rotatable bonds is 19. The first-order chi connectivity index (χ1) is 15.0. The number of ether oxygens (including phenoxy) is 1. The minimum atomic E-state index is -0.380. The second kappa shape index (κ2) is 17.0. The van der Waals surface area contributed by atoms with E-state index in [1.54, 1.807) is 6.92 Å². The van der Waals surface area contributed by atoms with Crippen LogP contribution in [-0.4, -0.2) is 23.3 Å². The van der Waals surface area contributed by atoms with Crippen LogP contribution in [0.4, 0.5) is 0 Å². The number of H-pyrrole nitrogens is 1. The molecule has 178 valence electrons. The predicted molar refractivity (Wildman–Crippen MR) is 130 cm³/mol. The second-order valence-corrected chi connectivity index (χ2v) is 8.97. The fraction of sp³-hybridized carbons (Fsp3) is 0.778. The maximum Gasteiger partial charge on any atom is 0.355 e. The molecule has 4 nitrogen and oxygen atoms in total. The van der Waals surface area contributed by atoms with Crippen molar-refractivity contribution >= 4 is 11.8 Å². The molecule has 0 saturated carbocycles. The molecule has 1 aromatic heterocycles. The summed E-state index contributed by atoms with van der Waals surface area (Å²) in [5, 5.41) is 0. The highest BCUT2D eigenvalue weighted by molar-refractivity contribution is 6.02. The van der Waals surface area contributed by atoms with Gasteiger partial charge in [-0.05, 0) is 32.8 Å². The first-order valence-electron chi connectivity index (χ1n) is 12.9. The Bertz CT molecular complexity index is 633. The number of Topliss-reactive ketones (excluding diaryl/α,β-unsaturated/α-hetero) is 1. The lowest BCUT2D eigenvalue weighted by atomic mass is 10.00. The zero-order valence-corrected chi connectivity index (χ0v) is 20.7. The molecule has 1 rings (SSSR count). The predicted octanol–water partition coefficient (Wildman–Crippen LogP) is 8.25. The van der Waals surface area contributed by atoms with Gasteiger partial charge in [0, 0.05) is 17.7 Å². The summed E-state index contributed by atoms with van der Waals surface area (Å²) in [6.45, 7) is 8.07. The molecule has 0 radical (unpaired) electrons. The van der Waals surface area contributed by atoms with Gasteiger partial charge in [-0.3, -0.25) is 4.79 Å². The van der Waals surface area contributed by atoms with Crippen LogP contribution in [0.1, 0.15) is 149 Å². The van der Waals surface area contributed by atoms with E-state index in [1.807, 2.05) is 13.8 Å². The van der Waals surface area contributed by atoms with Gasteiger partial charge in [0.2, 0.25) is 0 Å². The van der Waals surface area contributed by atoms with E-state index in [2.05, 4.69) is 11.9 Å². The molecule has 1 heterocycles. The summed E-state index contributed by atoms with van der Waals surface area (Å²) in [6.07, 6.45) is 20.3. The lowest BCUT2D eigenvalue weighted by molar-refractivity contribution is 0.0519. The van der Waals surface area contributed by atoms with Crippen molar-refractivity contribution in [1.82, 2.24) is 4.98 Å². The third kappa shape index (κ3) is 11.0. The normalized spacial score (nSPS) is 11.1. The first kappa shape index (κ1) is 27.5. The van der Waals surface area contributed by atoms with E-state index in [-0.39, 0.29) is 11.8 Å². The minimum Gasteiger partial charge on any atom is -0.461 e. The second-order valence-electron chi connectivity index (χ2n) is 8.97.